The van der Waals surface area contributed by atoms with Crippen molar-refractivity contribution in [3.63, 3.8) is 0 Å². The molecule has 1 saturated heterocycles. The number of carbonyl (C=O) groups is 2. The van der Waals surface area contributed by atoms with E-state index in [0.717, 1.165) is 25.9 Å². The summed E-state index contributed by atoms with van der Waals surface area (Å²) in [5.74, 6) is -0.00958. The Morgan fingerprint density at radius 2 is 2.07 bits per heavy atom. The van der Waals surface area contributed by atoms with Gasteiger partial charge in [0.25, 0.3) is 5.91 Å². The molecule has 1 aromatic carbocycles. The topological polar surface area (TPSA) is 97.5 Å². The second-order valence-corrected chi connectivity index (χ2v) is 8.93. The van der Waals surface area contributed by atoms with Gasteiger partial charge in [-0.3, -0.25) is 14.6 Å². The van der Waals surface area contributed by atoms with Gasteiger partial charge in [-0.25, -0.2) is 0 Å². The Kier molecular flexibility index (Phi) is 6.83. The van der Waals surface area contributed by atoms with E-state index in [1.807, 2.05) is 19.9 Å². The van der Waals surface area contributed by atoms with Gasteiger partial charge in [0, 0.05) is 24.7 Å². The summed E-state index contributed by atoms with van der Waals surface area (Å²) in [6, 6.07) is 5.16. The molecule has 1 fully saturated rings. The molecule has 0 bridgehead atoms. The second-order valence-electron chi connectivity index (χ2n) is 8.52. The average molecular weight is 433 g/mol. The molecule has 8 heteroatoms. The molecule has 0 atom stereocenters. The minimum absolute atomic E-state index is 0.195. The molecular formula is C22H29ClN4O3. The summed E-state index contributed by atoms with van der Waals surface area (Å²) in [6.45, 7) is 6.84. The summed E-state index contributed by atoms with van der Waals surface area (Å²) >= 11 is 6.22. The molecule has 1 amide bonds. The summed E-state index contributed by atoms with van der Waals surface area (Å²) in [7, 11) is 1.42. The number of nitrogens with one attached hydrogen (secondary N) is 1. The number of nitrogens with two attached hydrogens (primary N) is 1. The maximum atomic E-state index is 12.8. The third-order valence-corrected chi connectivity index (χ3v) is 6.05. The van der Waals surface area contributed by atoms with Crippen LogP contribution in [0.1, 0.15) is 37.0 Å². The highest BCUT2D eigenvalue weighted by Gasteiger charge is 2.32. The number of likely N-dealkylation sites (tertiary alicyclic amines) is 1. The predicted octanol–water partition coefficient (Wildman–Crippen LogP) is 3.11. The van der Waals surface area contributed by atoms with Crippen LogP contribution in [0.5, 0.6) is 0 Å². The number of aromatic nitrogens is 1. The van der Waals surface area contributed by atoms with E-state index < -0.39 is 5.41 Å². The number of pyridine rings is 1. The molecule has 0 aliphatic carbocycles. The predicted molar refractivity (Wildman–Crippen MR) is 118 cm³/mol. The number of nitrogen functional groups attached to an aromatic ring is 1. The minimum Gasteiger partial charge on any atom is -0.469 e. The molecule has 0 unspecified atom stereocenters. The van der Waals surface area contributed by atoms with Crippen molar-refractivity contribution >= 4 is 40.1 Å². The number of anilines is 1. The SMILES string of the molecule is COC(=O)C(C)(C)CN1CCC(CNC(=O)c2cc(Cl)c(N)c3cccnc23)CC1. The van der Waals surface area contributed by atoms with Crippen molar-refractivity contribution in [3.05, 3.63) is 35.0 Å². The number of hydrogen-bond acceptors (Lipinski definition) is 6. The Balaban J connectivity index is 1.57. The van der Waals surface area contributed by atoms with Crippen molar-refractivity contribution in [2.24, 2.45) is 11.3 Å². The highest BCUT2D eigenvalue weighted by Crippen LogP contribution is 2.30. The van der Waals surface area contributed by atoms with Crippen LogP contribution in [0.15, 0.2) is 24.4 Å². The van der Waals surface area contributed by atoms with E-state index in [4.69, 9.17) is 22.1 Å². The fourth-order valence-corrected chi connectivity index (χ4v) is 4.20. The first-order valence-corrected chi connectivity index (χ1v) is 10.5. The summed E-state index contributed by atoms with van der Waals surface area (Å²) in [6.07, 6.45) is 3.55. The zero-order valence-electron chi connectivity index (χ0n) is 17.7. The van der Waals surface area contributed by atoms with Crippen LogP contribution in [-0.2, 0) is 9.53 Å². The zero-order valence-corrected chi connectivity index (χ0v) is 18.5. The van der Waals surface area contributed by atoms with Gasteiger partial charge in [0.05, 0.1) is 34.3 Å². The molecule has 0 saturated carbocycles. The highest BCUT2D eigenvalue weighted by atomic mass is 35.5. The first kappa shape index (κ1) is 22.3. The van der Waals surface area contributed by atoms with E-state index in [9.17, 15) is 9.59 Å². The van der Waals surface area contributed by atoms with Crippen molar-refractivity contribution in [2.45, 2.75) is 26.7 Å². The Labute approximate surface area is 181 Å². The molecule has 3 N–H and O–H groups in total. The lowest BCUT2D eigenvalue weighted by atomic mass is 9.90. The Bertz CT molecular complexity index is 939. The van der Waals surface area contributed by atoms with Gasteiger partial charge in [0.15, 0.2) is 0 Å². The van der Waals surface area contributed by atoms with Crippen LogP contribution in [0.4, 0.5) is 5.69 Å². The second kappa shape index (κ2) is 9.18. The molecule has 3 rings (SSSR count). The van der Waals surface area contributed by atoms with Crippen molar-refractivity contribution in [2.75, 3.05) is 39.0 Å². The molecule has 0 radical (unpaired) electrons. The number of benzene rings is 1. The quantitative estimate of drug-likeness (QED) is 0.537. The Morgan fingerprint density at radius 1 is 1.37 bits per heavy atom. The number of methoxy groups -OCH3 is 1. The van der Waals surface area contributed by atoms with Gasteiger partial charge in [-0.05, 0) is 63.9 Å². The van der Waals surface area contributed by atoms with E-state index in [1.54, 1.807) is 18.3 Å². The molecule has 2 aromatic rings. The first-order valence-electron chi connectivity index (χ1n) is 10.1. The van der Waals surface area contributed by atoms with Crippen LogP contribution in [0.3, 0.4) is 0 Å². The van der Waals surface area contributed by atoms with Crippen LogP contribution in [0, 0.1) is 11.3 Å². The van der Waals surface area contributed by atoms with Gasteiger partial charge in [0.1, 0.15) is 0 Å². The maximum Gasteiger partial charge on any atom is 0.312 e. The first-order chi connectivity index (χ1) is 14.2. The summed E-state index contributed by atoms with van der Waals surface area (Å²) in [4.78, 5) is 31.3. The van der Waals surface area contributed by atoms with Gasteiger partial charge in [-0.2, -0.15) is 0 Å². The number of fused-ring (bicyclic) bond motifs is 1. The van der Waals surface area contributed by atoms with Crippen molar-refractivity contribution in [1.82, 2.24) is 15.2 Å². The van der Waals surface area contributed by atoms with Crippen LogP contribution < -0.4 is 11.1 Å². The van der Waals surface area contributed by atoms with Crippen molar-refractivity contribution in [1.29, 1.82) is 0 Å². The van der Waals surface area contributed by atoms with Crippen molar-refractivity contribution < 1.29 is 14.3 Å². The molecule has 1 aromatic heterocycles. The molecule has 1 aliphatic rings. The van der Waals surface area contributed by atoms with Crippen LogP contribution in [-0.4, -0.2) is 55.0 Å². The van der Waals surface area contributed by atoms with Gasteiger partial charge in [0.2, 0.25) is 0 Å². The van der Waals surface area contributed by atoms with Crippen LogP contribution in [0.2, 0.25) is 5.02 Å². The smallest absolute Gasteiger partial charge is 0.312 e. The molecule has 1 aliphatic heterocycles. The number of nitrogens with zero attached hydrogens (tertiary/aromatic N) is 2. The summed E-state index contributed by atoms with van der Waals surface area (Å²) in [5.41, 5.74) is 6.91. The number of hydrogen-bond donors (Lipinski definition) is 2. The third-order valence-electron chi connectivity index (χ3n) is 5.74. The molecule has 162 valence electrons. The summed E-state index contributed by atoms with van der Waals surface area (Å²) < 4.78 is 4.90. The Morgan fingerprint density at radius 3 is 2.73 bits per heavy atom. The molecule has 30 heavy (non-hydrogen) atoms. The molecular weight excluding hydrogens is 404 g/mol. The minimum atomic E-state index is -0.529. The van der Waals surface area contributed by atoms with Crippen LogP contribution in [0.25, 0.3) is 10.9 Å². The monoisotopic (exact) mass is 432 g/mol. The number of halogens is 1. The largest absolute Gasteiger partial charge is 0.469 e. The lowest BCUT2D eigenvalue weighted by Gasteiger charge is -2.36. The summed E-state index contributed by atoms with van der Waals surface area (Å²) in [5, 5.41) is 4.05. The zero-order chi connectivity index (χ0) is 21.9. The fraction of sp³-hybridized carbons (Fsp3) is 0.500. The van der Waals surface area contributed by atoms with Crippen LogP contribution >= 0.6 is 11.6 Å². The molecule has 0 spiro atoms. The van der Waals surface area contributed by atoms with Gasteiger partial charge in [-0.1, -0.05) is 11.6 Å². The lowest BCUT2D eigenvalue weighted by molar-refractivity contribution is -0.152. The third kappa shape index (κ3) is 4.84. The normalized spacial score (nSPS) is 15.9. The van der Waals surface area contributed by atoms with E-state index in [0.29, 0.717) is 46.2 Å². The van der Waals surface area contributed by atoms with E-state index in [1.165, 1.54) is 7.11 Å². The van der Waals surface area contributed by atoms with Crippen molar-refractivity contribution in [3.8, 4) is 0 Å². The number of ether oxygens (including phenoxy) is 1. The number of rotatable bonds is 6. The number of piperidine rings is 1. The lowest BCUT2D eigenvalue weighted by Crippen LogP contribution is -2.45. The molecule has 7 nitrogen and oxygen atoms in total. The number of amides is 1. The Hall–Kier alpha value is -2.38. The number of carbonyl (C=O) groups excluding carboxylic acids is 2. The molecule has 2 heterocycles. The van der Waals surface area contributed by atoms with E-state index in [2.05, 4.69) is 15.2 Å². The van der Waals surface area contributed by atoms with E-state index >= 15 is 0 Å². The number of esters is 1. The highest BCUT2D eigenvalue weighted by molar-refractivity contribution is 6.35. The van der Waals surface area contributed by atoms with Gasteiger partial charge in [-0.15, -0.1) is 0 Å². The maximum absolute atomic E-state index is 12.8. The van der Waals surface area contributed by atoms with Gasteiger partial charge >= 0.3 is 5.97 Å². The van der Waals surface area contributed by atoms with Gasteiger partial charge < -0.3 is 20.7 Å². The van der Waals surface area contributed by atoms with E-state index in [-0.39, 0.29) is 11.9 Å². The standard InChI is InChI=1S/C22H29ClN4O3/c1-22(2,21(29)30-3)13-27-9-6-14(7-10-27)12-26-20(28)16-11-17(23)18(24)15-5-4-8-25-19(15)16/h4-5,8,11,14H,6-7,9-10,12-13,24H2,1-3H3,(H,26,28). The average Bonchev–Trinajstić information content (AvgIpc) is 2.74. The fourth-order valence-electron chi connectivity index (χ4n) is 3.99.